The Balaban J connectivity index is 0.00000150. The van der Waals surface area contributed by atoms with Crippen molar-refractivity contribution >= 4 is 23.0 Å². The average Bonchev–Trinajstić information content (AvgIpc) is 3.63. The van der Waals surface area contributed by atoms with Crippen LogP contribution in [-0.2, 0) is 21.4 Å². The van der Waals surface area contributed by atoms with Crippen LogP contribution in [0.2, 0.25) is 0 Å². The second-order valence-electron chi connectivity index (χ2n) is 18.3. The second-order valence-corrected chi connectivity index (χ2v) is 18.3. The molecule has 338 valence electrons. The number of rotatable bonds is 16. The fourth-order valence-electron chi connectivity index (χ4n) is 8.86. The number of nitrogens with two attached hydrogens (primary N) is 1. The lowest BCUT2D eigenvalue weighted by Crippen LogP contribution is -2.27. The number of benzene rings is 3. The first-order valence-electron chi connectivity index (χ1n) is 22.6. The summed E-state index contributed by atoms with van der Waals surface area (Å²) in [5.74, 6) is 2.86. The highest BCUT2D eigenvalue weighted by molar-refractivity contribution is 5.90. The summed E-state index contributed by atoms with van der Waals surface area (Å²) in [7, 11) is 0. The minimum atomic E-state index is -0.688. The molecule has 65 heavy (non-hydrogen) atoms. The highest BCUT2D eigenvalue weighted by Gasteiger charge is 2.40. The Morgan fingerprint density at radius 3 is 2.32 bits per heavy atom. The van der Waals surface area contributed by atoms with Crippen molar-refractivity contribution in [3.05, 3.63) is 154 Å². The molecule has 0 saturated carbocycles. The third-order valence-electron chi connectivity index (χ3n) is 11.9. The Morgan fingerprint density at radius 1 is 0.969 bits per heavy atom. The topological polar surface area (TPSA) is 168 Å². The van der Waals surface area contributed by atoms with Gasteiger partial charge in [-0.15, -0.1) is 0 Å². The van der Waals surface area contributed by atoms with Gasteiger partial charge in [0.1, 0.15) is 40.9 Å². The van der Waals surface area contributed by atoms with E-state index >= 15 is 0 Å². The summed E-state index contributed by atoms with van der Waals surface area (Å²) in [5.41, 5.74) is 14.6. The number of anilines is 3. The van der Waals surface area contributed by atoms with Crippen molar-refractivity contribution in [1.82, 2.24) is 0 Å². The van der Waals surface area contributed by atoms with E-state index in [1.165, 1.54) is 16.9 Å². The molecule has 1 amide bonds. The van der Waals surface area contributed by atoms with Crippen molar-refractivity contribution in [3.8, 4) is 24.0 Å². The number of hydrogen-bond acceptors (Lipinski definition) is 9. The van der Waals surface area contributed by atoms with Gasteiger partial charge < -0.3 is 30.5 Å². The van der Waals surface area contributed by atoms with Gasteiger partial charge in [0.15, 0.2) is 0 Å². The van der Waals surface area contributed by atoms with Gasteiger partial charge in [-0.1, -0.05) is 82.8 Å². The Labute approximate surface area is 386 Å². The molecule has 0 fully saturated rings. The molecule has 1 aliphatic carbocycles. The molecule has 3 aromatic carbocycles. The molecule has 3 aromatic rings. The van der Waals surface area contributed by atoms with E-state index in [2.05, 4.69) is 105 Å². The zero-order valence-corrected chi connectivity index (χ0v) is 38.9. The molecule has 0 saturated heterocycles. The van der Waals surface area contributed by atoms with Gasteiger partial charge >= 0.3 is 0 Å². The van der Waals surface area contributed by atoms with Gasteiger partial charge in [0.05, 0.1) is 12.1 Å². The van der Waals surface area contributed by atoms with E-state index < -0.39 is 5.60 Å². The van der Waals surface area contributed by atoms with Gasteiger partial charge in [0, 0.05) is 53.3 Å². The van der Waals surface area contributed by atoms with Crippen molar-refractivity contribution in [2.24, 2.45) is 11.8 Å². The quantitative estimate of drug-likeness (QED) is 0.0937. The van der Waals surface area contributed by atoms with Crippen molar-refractivity contribution in [2.45, 2.75) is 110 Å². The first-order valence-corrected chi connectivity index (χ1v) is 22.6. The fraction of sp³-hybridized carbons (Fsp3) is 0.382. The van der Waals surface area contributed by atoms with Crippen LogP contribution in [0.3, 0.4) is 0 Å². The maximum atomic E-state index is 12.8. The molecule has 10 heteroatoms. The SMILES string of the molecule is C=C1OC(C)(C)C(/C=C/C2=C(Oc3ccc(CCCO)cc3)C(=C/C=C3/N(CCCCC(=O)Nc4ccc(N)cc4)c4ccccc4C3(C)C)/CC(CC(C)C)C2)=C1C#N.N#CCC#N. The number of unbranched alkanes of at least 4 members (excludes halogenated alkanes) is 1. The van der Waals surface area contributed by atoms with Crippen LogP contribution in [0.25, 0.3) is 0 Å². The number of carbonyl (C=O) groups is 1. The molecule has 1 unspecified atom stereocenters. The predicted molar refractivity (Wildman–Crippen MR) is 260 cm³/mol. The van der Waals surface area contributed by atoms with E-state index in [1.807, 2.05) is 44.2 Å². The summed E-state index contributed by atoms with van der Waals surface area (Å²) in [4.78, 5) is 15.3. The van der Waals surface area contributed by atoms with Gasteiger partial charge in [0.2, 0.25) is 5.91 Å². The van der Waals surface area contributed by atoms with Gasteiger partial charge in [-0.05, 0) is 141 Å². The molecule has 0 radical (unpaired) electrons. The molecule has 6 rings (SSSR count). The van der Waals surface area contributed by atoms with Gasteiger partial charge in [-0.3, -0.25) is 4.79 Å². The van der Waals surface area contributed by atoms with E-state index in [4.69, 9.17) is 25.7 Å². The van der Waals surface area contributed by atoms with Crippen molar-refractivity contribution < 1.29 is 19.4 Å². The van der Waals surface area contributed by atoms with Crippen LogP contribution in [0.4, 0.5) is 17.1 Å². The van der Waals surface area contributed by atoms with Crippen LogP contribution in [-0.4, -0.2) is 29.8 Å². The van der Waals surface area contributed by atoms with Gasteiger partial charge in [-0.25, -0.2) is 0 Å². The summed E-state index contributed by atoms with van der Waals surface area (Å²) in [6.45, 7) is 18.0. The minimum absolute atomic E-state index is 0. The number of para-hydroxylation sites is 1. The normalized spacial score (nSPS) is 18.5. The Bertz CT molecular complexity index is 2450. The molecular weight excluding hydrogens is 809 g/mol. The summed E-state index contributed by atoms with van der Waals surface area (Å²) >= 11 is 0. The van der Waals surface area contributed by atoms with Crippen LogP contribution < -0.4 is 20.7 Å². The van der Waals surface area contributed by atoms with Crippen LogP contribution in [0.5, 0.6) is 5.75 Å². The second kappa shape index (κ2) is 22.7. The van der Waals surface area contributed by atoms with Crippen LogP contribution >= 0.6 is 0 Å². The lowest BCUT2D eigenvalue weighted by Gasteiger charge is -2.30. The first kappa shape index (κ1) is 49.2. The van der Waals surface area contributed by atoms with Crippen LogP contribution in [0, 0.1) is 45.8 Å². The molecule has 10 nitrogen and oxygen atoms in total. The number of fused-ring (bicyclic) bond motifs is 1. The van der Waals surface area contributed by atoms with Crippen LogP contribution in [0.15, 0.2) is 143 Å². The predicted octanol–water partition coefficient (Wildman–Crippen LogP) is 11.8. The zero-order chi connectivity index (χ0) is 47.1. The molecule has 4 N–H and O–H groups in total. The maximum Gasteiger partial charge on any atom is 0.224 e. The summed E-state index contributed by atoms with van der Waals surface area (Å²) in [6, 6.07) is 29.7. The number of nitrogens with one attached hydrogen (secondary N) is 1. The molecule has 2 aliphatic heterocycles. The molecular formula is C55H64N6O4. The number of aliphatic hydroxyl groups excluding tert-OH is 1. The average molecular weight is 873 g/mol. The number of allylic oxidation sites excluding steroid dienone is 7. The summed E-state index contributed by atoms with van der Waals surface area (Å²) in [6.07, 6.45) is 15.0. The number of nitriles is 3. The van der Waals surface area contributed by atoms with Crippen molar-refractivity contribution in [3.63, 3.8) is 0 Å². The van der Waals surface area contributed by atoms with Crippen molar-refractivity contribution in [1.29, 1.82) is 15.8 Å². The van der Waals surface area contributed by atoms with E-state index in [0.717, 1.165) is 84.5 Å². The molecule has 0 spiro atoms. The van der Waals surface area contributed by atoms with Crippen LogP contribution in [0.1, 0.15) is 104 Å². The molecule has 0 aromatic heterocycles. The van der Waals surface area contributed by atoms with E-state index in [-0.39, 0.29) is 24.3 Å². The standard InChI is InChI=1S/C52H62N4O4.C3H2N2/c1-35(2)31-38-32-39(19-27-45-44(34-53)36(3)60-52(45,6)7)50(59-43-25-17-37(18-26-43)13-12-30-57)40(33-38)20-28-48-51(4,5)46-14-8-9-15-47(46)56(48)29-11-10-16-49(58)55-42-23-21-41(54)22-24-42;4-2-1-3-5/h8-9,14-15,17-28,35,38,57H,3,10-13,16,29-33,54H2,1-2,4-7H3,(H,55,58);1H2/b27-19+,40-20+,48-28+;. The van der Waals surface area contributed by atoms with E-state index in [0.29, 0.717) is 41.7 Å². The van der Waals surface area contributed by atoms with E-state index in [1.54, 1.807) is 24.3 Å². The Morgan fingerprint density at radius 2 is 1.68 bits per heavy atom. The number of amides is 1. The third-order valence-corrected chi connectivity index (χ3v) is 11.9. The van der Waals surface area contributed by atoms with Crippen molar-refractivity contribution in [2.75, 3.05) is 29.1 Å². The number of aliphatic hydroxyl groups is 1. The molecule has 1 atom stereocenters. The Kier molecular flexibility index (Phi) is 17.2. The number of carbonyl (C=O) groups excluding carboxylic acids is 1. The lowest BCUT2D eigenvalue weighted by atomic mass is 9.79. The number of aryl methyl sites for hydroxylation is 1. The first-order chi connectivity index (χ1) is 31.1. The molecule has 2 heterocycles. The zero-order valence-electron chi connectivity index (χ0n) is 38.9. The Hall–Kier alpha value is -6.80. The highest BCUT2D eigenvalue weighted by Crippen LogP contribution is 2.48. The highest BCUT2D eigenvalue weighted by atomic mass is 16.5. The third kappa shape index (κ3) is 12.9. The minimum Gasteiger partial charge on any atom is -0.482 e. The van der Waals surface area contributed by atoms with Gasteiger partial charge in [-0.2, -0.15) is 15.8 Å². The monoisotopic (exact) mass is 872 g/mol. The number of nitrogens with zero attached hydrogens (tertiary/aromatic N) is 4. The number of hydrogen-bond donors (Lipinski definition) is 3. The largest absolute Gasteiger partial charge is 0.482 e. The fourth-order valence-corrected chi connectivity index (χ4v) is 8.86. The molecule has 3 aliphatic rings. The van der Waals surface area contributed by atoms with E-state index in [9.17, 15) is 15.2 Å². The van der Waals surface area contributed by atoms with Gasteiger partial charge in [0.25, 0.3) is 0 Å². The number of ether oxygens (including phenoxy) is 2. The number of nitrogen functional groups attached to an aromatic ring is 1. The summed E-state index contributed by atoms with van der Waals surface area (Å²) in [5, 5.41) is 37.6. The smallest absolute Gasteiger partial charge is 0.224 e. The lowest BCUT2D eigenvalue weighted by molar-refractivity contribution is -0.116. The molecule has 0 bridgehead atoms. The maximum absolute atomic E-state index is 12.8. The summed E-state index contributed by atoms with van der Waals surface area (Å²) < 4.78 is 13.0.